The highest BCUT2D eigenvalue weighted by atomic mass is 16.2. The predicted molar refractivity (Wildman–Crippen MR) is 94.4 cm³/mol. The summed E-state index contributed by atoms with van der Waals surface area (Å²) in [5, 5.41) is 0. The van der Waals surface area contributed by atoms with Crippen LogP contribution < -0.4 is 0 Å². The SMILES string of the molecule is Cc1cccc(-c2ccc(CC(=O)N3CCN(C)CC3)cc2)c1. The molecule has 3 rings (SSSR count). The largest absolute Gasteiger partial charge is 0.340 e. The van der Waals surface area contributed by atoms with Crippen molar-refractivity contribution in [2.45, 2.75) is 13.3 Å². The van der Waals surface area contributed by atoms with Crippen LogP contribution in [-0.2, 0) is 11.2 Å². The first kappa shape index (κ1) is 15.8. The maximum atomic E-state index is 12.4. The molecule has 0 atom stereocenters. The lowest BCUT2D eigenvalue weighted by atomic mass is 10.0. The van der Waals surface area contributed by atoms with E-state index in [1.54, 1.807) is 0 Å². The van der Waals surface area contributed by atoms with Gasteiger partial charge in [-0.3, -0.25) is 4.79 Å². The molecule has 0 unspecified atom stereocenters. The second-order valence-corrected chi connectivity index (χ2v) is 6.43. The first-order valence-corrected chi connectivity index (χ1v) is 8.24. The van der Waals surface area contributed by atoms with E-state index in [4.69, 9.17) is 0 Å². The summed E-state index contributed by atoms with van der Waals surface area (Å²) in [6.07, 6.45) is 0.498. The van der Waals surface area contributed by atoms with Crippen molar-refractivity contribution in [3.63, 3.8) is 0 Å². The molecule has 3 nitrogen and oxygen atoms in total. The Balaban J connectivity index is 1.64. The molecule has 3 heteroatoms. The Kier molecular flexibility index (Phi) is 4.77. The van der Waals surface area contributed by atoms with Crippen molar-refractivity contribution < 1.29 is 4.79 Å². The molecule has 0 aromatic heterocycles. The normalized spacial score (nSPS) is 15.7. The Bertz CT molecular complexity index is 670. The monoisotopic (exact) mass is 308 g/mol. The van der Waals surface area contributed by atoms with Gasteiger partial charge in [-0.25, -0.2) is 0 Å². The Hall–Kier alpha value is -2.13. The van der Waals surface area contributed by atoms with E-state index in [0.717, 1.165) is 31.7 Å². The van der Waals surface area contributed by atoms with Crippen LogP contribution in [0, 0.1) is 6.92 Å². The van der Waals surface area contributed by atoms with E-state index in [9.17, 15) is 4.79 Å². The molecule has 1 heterocycles. The molecular weight excluding hydrogens is 284 g/mol. The van der Waals surface area contributed by atoms with Gasteiger partial charge in [0, 0.05) is 26.2 Å². The van der Waals surface area contributed by atoms with Crippen LogP contribution in [0.25, 0.3) is 11.1 Å². The molecule has 1 saturated heterocycles. The summed E-state index contributed by atoms with van der Waals surface area (Å²) in [6.45, 7) is 5.73. The van der Waals surface area contributed by atoms with Gasteiger partial charge >= 0.3 is 0 Å². The van der Waals surface area contributed by atoms with E-state index >= 15 is 0 Å². The fourth-order valence-electron chi connectivity index (χ4n) is 2.98. The molecule has 0 aliphatic carbocycles. The maximum absolute atomic E-state index is 12.4. The van der Waals surface area contributed by atoms with Crippen molar-refractivity contribution in [1.82, 2.24) is 9.80 Å². The number of rotatable bonds is 3. The van der Waals surface area contributed by atoms with Crippen molar-refractivity contribution in [1.29, 1.82) is 0 Å². The molecule has 1 aliphatic heterocycles. The number of piperazine rings is 1. The first-order valence-electron chi connectivity index (χ1n) is 8.24. The zero-order chi connectivity index (χ0) is 16.2. The molecular formula is C20H24N2O. The lowest BCUT2D eigenvalue weighted by Gasteiger charge is -2.32. The second-order valence-electron chi connectivity index (χ2n) is 6.43. The van der Waals surface area contributed by atoms with E-state index in [1.165, 1.54) is 16.7 Å². The molecule has 1 amide bonds. The van der Waals surface area contributed by atoms with Crippen molar-refractivity contribution in [3.05, 3.63) is 59.7 Å². The quantitative estimate of drug-likeness (QED) is 0.870. The molecule has 2 aromatic carbocycles. The average molecular weight is 308 g/mol. The van der Waals surface area contributed by atoms with E-state index in [2.05, 4.69) is 67.4 Å². The Morgan fingerprint density at radius 1 is 0.957 bits per heavy atom. The molecule has 2 aromatic rings. The topological polar surface area (TPSA) is 23.6 Å². The summed E-state index contributed by atoms with van der Waals surface area (Å²) in [5.74, 6) is 0.237. The highest BCUT2D eigenvalue weighted by Crippen LogP contribution is 2.21. The van der Waals surface area contributed by atoms with E-state index in [0.29, 0.717) is 6.42 Å². The van der Waals surface area contributed by atoms with Gasteiger partial charge in [0.25, 0.3) is 0 Å². The third-order valence-corrected chi connectivity index (χ3v) is 4.52. The van der Waals surface area contributed by atoms with Crippen LogP contribution in [0.5, 0.6) is 0 Å². The zero-order valence-corrected chi connectivity index (χ0v) is 14.0. The average Bonchev–Trinajstić information content (AvgIpc) is 2.56. The molecule has 0 bridgehead atoms. The molecule has 23 heavy (non-hydrogen) atoms. The zero-order valence-electron chi connectivity index (χ0n) is 14.0. The number of carbonyl (C=O) groups excluding carboxylic acids is 1. The van der Waals surface area contributed by atoms with Gasteiger partial charge in [0.1, 0.15) is 0 Å². The smallest absolute Gasteiger partial charge is 0.227 e. The van der Waals surface area contributed by atoms with E-state index < -0.39 is 0 Å². The predicted octanol–water partition coefficient (Wildman–Crippen LogP) is 2.98. The molecule has 0 spiro atoms. The summed E-state index contributed by atoms with van der Waals surface area (Å²) in [7, 11) is 2.10. The van der Waals surface area contributed by atoms with Crippen molar-refractivity contribution >= 4 is 5.91 Å². The van der Waals surface area contributed by atoms with Crippen LogP contribution in [0.3, 0.4) is 0 Å². The van der Waals surface area contributed by atoms with Gasteiger partial charge < -0.3 is 9.80 Å². The van der Waals surface area contributed by atoms with Gasteiger partial charge in [0.05, 0.1) is 6.42 Å². The van der Waals surface area contributed by atoms with Crippen molar-refractivity contribution in [3.8, 4) is 11.1 Å². The molecule has 0 N–H and O–H groups in total. The van der Waals surface area contributed by atoms with E-state index in [-0.39, 0.29) is 5.91 Å². The third-order valence-electron chi connectivity index (χ3n) is 4.52. The van der Waals surface area contributed by atoms with Gasteiger partial charge in [-0.2, -0.15) is 0 Å². The third kappa shape index (κ3) is 3.99. The fourth-order valence-corrected chi connectivity index (χ4v) is 2.98. The van der Waals surface area contributed by atoms with Crippen molar-refractivity contribution in [2.24, 2.45) is 0 Å². The molecule has 0 radical (unpaired) electrons. The second kappa shape index (κ2) is 6.97. The highest BCUT2D eigenvalue weighted by Gasteiger charge is 2.18. The molecule has 1 fully saturated rings. The van der Waals surface area contributed by atoms with Crippen LogP contribution in [0.1, 0.15) is 11.1 Å². The minimum Gasteiger partial charge on any atom is -0.340 e. The summed E-state index contributed by atoms with van der Waals surface area (Å²) in [6, 6.07) is 16.9. The number of hydrogen-bond donors (Lipinski definition) is 0. The van der Waals surface area contributed by atoms with Crippen LogP contribution >= 0.6 is 0 Å². The first-order chi connectivity index (χ1) is 11.1. The lowest BCUT2D eigenvalue weighted by Crippen LogP contribution is -2.47. The van der Waals surface area contributed by atoms with Gasteiger partial charge in [-0.1, -0.05) is 54.1 Å². The summed E-state index contributed by atoms with van der Waals surface area (Å²) < 4.78 is 0. The van der Waals surface area contributed by atoms with E-state index in [1.807, 2.05) is 4.90 Å². The standard InChI is InChI=1S/C20H24N2O/c1-16-4-3-5-19(14-16)18-8-6-17(7-9-18)15-20(23)22-12-10-21(2)11-13-22/h3-9,14H,10-13,15H2,1-2H3. The van der Waals surface area contributed by atoms with Gasteiger partial charge in [-0.15, -0.1) is 0 Å². The summed E-state index contributed by atoms with van der Waals surface area (Å²) in [5.41, 5.74) is 4.77. The minimum absolute atomic E-state index is 0.237. The summed E-state index contributed by atoms with van der Waals surface area (Å²) >= 11 is 0. The maximum Gasteiger partial charge on any atom is 0.227 e. The van der Waals surface area contributed by atoms with Gasteiger partial charge in [-0.05, 0) is 30.7 Å². The number of likely N-dealkylation sites (N-methyl/N-ethyl adjacent to an activating group) is 1. The summed E-state index contributed by atoms with van der Waals surface area (Å²) in [4.78, 5) is 16.6. The number of amides is 1. The minimum atomic E-state index is 0.237. The molecule has 120 valence electrons. The Labute approximate surface area is 138 Å². The van der Waals surface area contributed by atoms with Gasteiger partial charge in [0.15, 0.2) is 0 Å². The molecule has 1 aliphatic rings. The number of nitrogens with zero attached hydrogens (tertiary/aromatic N) is 2. The lowest BCUT2D eigenvalue weighted by molar-refractivity contribution is -0.132. The van der Waals surface area contributed by atoms with Crippen LogP contribution in [0.15, 0.2) is 48.5 Å². The van der Waals surface area contributed by atoms with Crippen LogP contribution in [-0.4, -0.2) is 48.9 Å². The van der Waals surface area contributed by atoms with Crippen LogP contribution in [0.2, 0.25) is 0 Å². The Morgan fingerprint density at radius 3 is 2.30 bits per heavy atom. The van der Waals surface area contributed by atoms with Crippen molar-refractivity contribution in [2.75, 3.05) is 33.2 Å². The Morgan fingerprint density at radius 2 is 1.65 bits per heavy atom. The van der Waals surface area contributed by atoms with Crippen LogP contribution in [0.4, 0.5) is 0 Å². The fraction of sp³-hybridized carbons (Fsp3) is 0.350. The number of carbonyl (C=O) groups is 1. The number of benzene rings is 2. The number of hydrogen-bond acceptors (Lipinski definition) is 2. The number of aryl methyl sites for hydroxylation is 1. The van der Waals surface area contributed by atoms with Gasteiger partial charge in [0.2, 0.25) is 5.91 Å². The highest BCUT2D eigenvalue weighted by molar-refractivity contribution is 5.79. The molecule has 0 saturated carbocycles.